The third-order valence-corrected chi connectivity index (χ3v) is 3.17. The van der Waals surface area contributed by atoms with Gasteiger partial charge in [0, 0.05) is 6.61 Å². The summed E-state index contributed by atoms with van der Waals surface area (Å²) in [4.78, 5) is 0. The summed E-state index contributed by atoms with van der Waals surface area (Å²) in [6, 6.07) is 0. The van der Waals surface area contributed by atoms with E-state index in [1.54, 1.807) is 0 Å². The zero-order valence-corrected chi connectivity index (χ0v) is 11.8. The molecule has 0 bridgehead atoms. The fourth-order valence-electron chi connectivity index (χ4n) is 2.01. The van der Waals surface area contributed by atoms with Crippen LogP contribution in [-0.4, -0.2) is 11.7 Å². The molecule has 102 valence electrons. The lowest BCUT2D eigenvalue weighted by Gasteiger charge is -1.99. The van der Waals surface area contributed by atoms with Crippen molar-refractivity contribution in [2.75, 3.05) is 6.61 Å². The number of aliphatic hydroxyl groups is 1. The molecular weight excluding hydrogens is 208 g/mol. The van der Waals surface area contributed by atoms with E-state index in [0.717, 1.165) is 12.8 Å². The minimum atomic E-state index is 0.349. The van der Waals surface area contributed by atoms with Crippen molar-refractivity contribution in [1.29, 1.82) is 0 Å². The highest BCUT2D eigenvalue weighted by molar-refractivity contribution is 4.81. The molecule has 17 heavy (non-hydrogen) atoms. The Labute approximate surface area is 108 Å². The Hall–Kier alpha value is -0.300. The second-order valence-corrected chi connectivity index (χ2v) is 4.95. The third-order valence-electron chi connectivity index (χ3n) is 3.17. The van der Waals surface area contributed by atoms with Gasteiger partial charge in [0.05, 0.1) is 0 Å². The van der Waals surface area contributed by atoms with Crippen molar-refractivity contribution >= 4 is 0 Å². The molecule has 0 spiro atoms. The van der Waals surface area contributed by atoms with Crippen molar-refractivity contribution in [2.24, 2.45) is 0 Å². The monoisotopic (exact) mass is 240 g/mol. The first-order valence-electron chi connectivity index (χ1n) is 7.67. The summed E-state index contributed by atoms with van der Waals surface area (Å²) in [5.74, 6) is 0. The van der Waals surface area contributed by atoms with Crippen molar-refractivity contribution in [3.63, 3.8) is 0 Å². The first-order chi connectivity index (χ1) is 8.41. The lowest BCUT2D eigenvalue weighted by Crippen LogP contribution is -1.81. The van der Waals surface area contributed by atoms with Gasteiger partial charge in [-0.25, -0.2) is 0 Å². The maximum atomic E-state index is 8.63. The van der Waals surface area contributed by atoms with Crippen LogP contribution in [0.4, 0.5) is 0 Å². The topological polar surface area (TPSA) is 20.2 Å². The van der Waals surface area contributed by atoms with Gasteiger partial charge < -0.3 is 5.11 Å². The normalized spacial score (nSPS) is 11.4. The number of rotatable bonds is 13. The summed E-state index contributed by atoms with van der Waals surface area (Å²) in [6.07, 6.45) is 20.3. The molecule has 0 heterocycles. The molecule has 0 aliphatic carbocycles. The van der Waals surface area contributed by atoms with E-state index >= 15 is 0 Å². The Balaban J connectivity index is 2.99. The number of unbranched alkanes of at least 4 members (excludes halogenated alkanes) is 10. The Morgan fingerprint density at radius 1 is 0.647 bits per heavy atom. The average molecular weight is 240 g/mol. The molecule has 0 radical (unpaired) electrons. The van der Waals surface area contributed by atoms with Crippen LogP contribution in [0.15, 0.2) is 12.2 Å². The predicted molar refractivity (Wildman–Crippen MR) is 77.3 cm³/mol. The van der Waals surface area contributed by atoms with Crippen LogP contribution in [0.5, 0.6) is 0 Å². The minimum absolute atomic E-state index is 0.349. The van der Waals surface area contributed by atoms with Crippen molar-refractivity contribution in [3.8, 4) is 0 Å². The summed E-state index contributed by atoms with van der Waals surface area (Å²) in [7, 11) is 0. The van der Waals surface area contributed by atoms with Gasteiger partial charge in [-0.3, -0.25) is 0 Å². The standard InChI is InChI=1S/C16H32O/c1-2-3-4-5-6-7-8-9-10-11-12-13-14-15-16-17/h10-11,17H,2-9,12-16H2,1H3/b11-10-. The lowest BCUT2D eigenvalue weighted by molar-refractivity contribution is 0.283. The molecule has 0 aromatic heterocycles. The second kappa shape index (κ2) is 15.7. The number of aliphatic hydroxyl groups excluding tert-OH is 1. The van der Waals surface area contributed by atoms with E-state index in [-0.39, 0.29) is 0 Å². The molecule has 1 N–H and O–H groups in total. The number of hydrogen-bond donors (Lipinski definition) is 1. The average Bonchev–Trinajstić information content (AvgIpc) is 2.35. The lowest BCUT2D eigenvalue weighted by atomic mass is 10.1. The Morgan fingerprint density at radius 2 is 1.12 bits per heavy atom. The summed E-state index contributed by atoms with van der Waals surface area (Å²) < 4.78 is 0. The zero-order valence-electron chi connectivity index (χ0n) is 11.8. The van der Waals surface area contributed by atoms with E-state index < -0.39 is 0 Å². The van der Waals surface area contributed by atoms with Crippen molar-refractivity contribution in [1.82, 2.24) is 0 Å². The highest BCUT2D eigenvalue weighted by Crippen LogP contribution is 2.09. The van der Waals surface area contributed by atoms with Gasteiger partial charge in [0.1, 0.15) is 0 Å². The number of allylic oxidation sites excluding steroid dienone is 2. The van der Waals surface area contributed by atoms with Crippen molar-refractivity contribution < 1.29 is 5.11 Å². The first-order valence-corrected chi connectivity index (χ1v) is 7.67. The Kier molecular flexibility index (Phi) is 15.4. The molecule has 0 fully saturated rings. The van der Waals surface area contributed by atoms with Crippen LogP contribution >= 0.6 is 0 Å². The molecular formula is C16H32O. The van der Waals surface area contributed by atoms with E-state index in [4.69, 9.17) is 5.11 Å². The van der Waals surface area contributed by atoms with Gasteiger partial charge in [0.25, 0.3) is 0 Å². The fourth-order valence-corrected chi connectivity index (χ4v) is 2.01. The molecule has 0 atom stereocenters. The Bertz CT molecular complexity index is 152. The zero-order chi connectivity index (χ0) is 12.6. The molecule has 0 aromatic carbocycles. The van der Waals surface area contributed by atoms with Gasteiger partial charge in [0.2, 0.25) is 0 Å². The second-order valence-electron chi connectivity index (χ2n) is 4.95. The Morgan fingerprint density at radius 3 is 1.65 bits per heavy atom. The highest BCUT2D eigenvalue weighted by atomic mass is 16.2. The third kappa shape index (κ3) is 15.7. The van der Waals surface area contributed by atoms with E-state index in [1.165, 1.54) is 64.2 Å². The van der Waals surface area contributed by atoms with Gasteiger partial charge >= 0.3 is 0 Å². The fraction of sp³-hybridized carbons (Fsp3) is 0.875. The molecule has 0 rings (SSSR count). The number of hydrogen-bond acceptors (Lipinski definition) is 1. The summed E-state index contributed by atoms with van der Waals surface area (Å²) >= 11 is 0. The van der Waals surface area contributed by atoms with E-state index in [9.17, 15) is 0 Å². The van der Waals surface area contributed by atoms with Gasteiger partial charge in [-0.15, -0.1) is 0 Å². The van der Waals surface area contributed by atoms with Gasteiger partial charge in [0.15, 0.2) is 0 Å². The molecule has 1 nitrogen and oxygen atoms in total. The van der Waals surface area contributed by atoms with Crippen LogP contribution in [0.2, 0.25) is 0 Å². The molecule has 0 amide bonds. The van der Waals surface area contributed by atoms with Crippen LogP contribution < -0.4 is 0 Å². The van der Waals surface area contributed by atoms with Gasteiger partial charge in [-0.05, 0) is 32.1 Å². The van der Waals surface area contributed by atoms with Crippen LogP contribution in [-0.2, 0) is 0 Å². The van der Waals surface area contributed by atoms with Crippen LogP contribution in [0.3, 0.4) is 0 Å². The van der Waals surface area contributed by atoms with Crippen molar-refractivity contribution in [3.05, 3.63) is 12.2 Å². The van der Waals surface area contributed by atoms with Crippen LogP contribution in [0.25, 0.3) is 0 Å². The minimum Gasteiger partial charge on any atom is -0.396 e. The maximum absolute atomic E-state index is 8.63. The van der Waals surface area contributed by atoms with Gasteiger partial charge in [-0.2, -0.15) is 0 Å². The predicted octanol–water partition coefficient (Wildman–Crippen LogP) is 5.24. The van der Waals surface area contributed by atoms with E-state index in [0.29, 0.717) is 6.61 Å². The SMILES string of the molecule is CCCCCCCCC/C=C\CCCCCO. The van der Waals surface area contributed by atoms with Crippen LogP contribution in [0.1, 0.15) is 84.0 Å². The molecule has 0 unspecified atom stereocenters. The molecule has 1 heteroatoms. The van der Waals surface area contributed by atoms with Crippen LogP contribution in [0, 0.1) is 0 Å². The van der Waals surface area contributed by atoms with E-state index in [2.05, 4.69) is 19.1 Å². The maximum Gasteiger partial charge on any atom is 0.0431 e. The molecule has 0 saturated carbocycles. The first kappa shape index (κ1) is 16.7. The summed E-state index contributed by atoms with van der Waals surface area (Å²) in [5.41, 5.74) is 0. The quantitative estimate of drug-likeness (QED) is 0.345. The molecule has 0 saturated heterocycles. The smallest absolute Gasteiger partial charge is 0.0431 e. The summed E-state index contributed by atoms with van der Waals surface area (Å²) in [5, 5.41) is 8.63. The largest absolute Gasteiger partial charge is 0.396 e. The highest BCUT2D eigenvalue weighted by Gasteiger charge is 1.89. The summed E-state index contributed by atoms with van der Waals surface area (Å²) in [6.45, 7) is 2.62. The van der Waals surface area contributed by atoms with Crippen molar-refractivity contribution in [2.45, 2.75) is 84.0 Å². The molecule has 0 aliphatic rings. The van der Waals surface area contributed by atoms with Gasteiger partial charge in [-0.1, -0.05) is 64.0 Å². The molecule has 0 aliphatic heterocycles. The van der Waals surface area contributed by atoms with E-state index in [1.807, 2.05) is 0 Å². The molecule has 0 aromatic rings.